The number of rotatable bonds is 7. The molecule has 0 aliphatic heterocycles. The van der Waals surface area contributed by atoms with E-state index in [1.165, 1.54) is 6.07 Å². The second-order valence-corrected chi connectivity index (χ2v) is 4.83. The monoisotopic (exact) mass is 321 g/mol. The Morgan fingerprint density at radius 3 is 2.50 bits per heavy atom. The molecule has 2 rings (SSSR count). The Morgan fingerprint density at radius 2 is 1.86 bits per heavy atom. The molecular weight excluding hydrogens is 306 g/mol. The SMILES string of the molecule is COc1ccc(OCCNc2c(Cl)cccc2C(=O)O)cc1. The average molecular weight is 322 g/mol. The first kappa shape index (κ1) is 16.0. The highest BCUT2D eigenvalue weighted by molar-refractivity contribution is 6.34. The largest absolute Gasteiger partial charge is 0.497 e. The van der Waals surface area contributed by atoms with Gasteiger partial charge in [-0.05, 0) is 36.4 Å². The highest BCUT2D eigenvalue weighted by Gasteiger charge is 2.12. The molecule has 6 heteroatoms. The van der Waals surface area contributed by atoms with Gasteiger partial charge in [0.15, 0.2) is 0 Å². The molecule has 2 N–H and O–H groups in total. The fraction of sp³-hybridized carbons (Fsp3) is 0.188. The van der Waals surface area contributed by atoms with Crippen LogP contribution in [0.4, 0.5) is 5.69 Å². The van der Waals surface area contributed by atoms with E-state index in [0.717, 1.165) is 5.75 Å². The minimum Gasteiger partial charge on any atom is -0.497 e. The number of ether oxygens (including phenoxy) is 2. The third-order valence-corrected chi connectivity index (χ3v) is 3.29. The summed E-state index contributed by atoms with van der Waals surface area (Å²) in [6, 6.07) is 12.0. The predicted octanol–water partition coefficient (Wildman–Crippen LogP) is 3.54. The maximum absolute atomic E-state index is 11.1. The molecule has 0 spiro atoms. The van der Waals surface area contributed by atoms with Crippen LogP contribution in [0.25, 0.3) is 0 Å². The van der Waals surface area contributed by atoms with Gasteiger partial charge in [-0.1, -0.05) is 17.7 Å². The molecule has 0 aromatic heterocycles. The first-order valence-corrected chi connectivity index (χ1v) is 7.02. The second-order valence-electron chi connectivity index (χ2n) is 4.42. The van der Waals surface area contributed by atoms with E-state index in [-0.39, 0.29) is 5.56 Å². The second kappa shape index (κ2) is 7.56. The van der Waals surface area contributed by atoms with Gasteiger partial charge in [0.05, 0.1) is 23.4 Å². The minimum atomic E-state index is -1.03. The van der Waals surface area contributed by atoms with Crippen LogP contribution in [0.3, 0.4) is 0 Å². The molecule has 0 amide bonds. The maximum atomic E-state index is 11.1. The molecule has 0 saturated carbocycles. The van der Waals surface area contributed by atoms with E-state index >= 15 is 0 Å². The highest BCUT2D eigenvalue weighted by atomic mass is 35.5. The van der Waals surface area contributed by atoms with Gasteiger partial charge in [0.2, 0.25) is 0 Å². The van der Waals surface area contributed by atoms with Crippen LogP contribution in [-0.2, 0) is 0 Å². The zero-order chi connectivity index (χ0) is 15.9. The van der Waals surface area contributed by atoms with E-state index in [2.05, 4.69) is 5.32 Å². The molecular formula is C16H16ClNO4. The van der Waals surface area contributed by atoms with Crippen LogP contribution >= 0.6 is 11.6 Å². The zero-order valence-electron chi connectivity index (χ0n) is 12.0. The number of nitrogens with one attached hydrogen (secondary N) is 1. The summed E-state index contributed by atoms with van der Waals surface area (Å²) in [4.78, 5) is 11.1. The van der Waals surface area contributed by atoms with E-state index < -0.39 is 5.97 Å². The first-order valence-electron chi connectivity index (χ1n) is 6.64. The van der Waals surface area contributed by atoms with Gasteiger partial charge in [-0.25, -0.2) is 4.79 Å². The summed E-state index contributed by atoms with van der Waals surface area (Å²) in [7, 11) is 1.60. The Morgan fingerprint density at radius 1 is 1.18 bits per heavy atom. The van der Waals surface area contributed by atoms with E-state index in [9.17, 15) is 4.79 Å². The number of anilines is 1. The van der Waals surface area contributed by atoms with E-state index in [1.54, 1.807) is 43.5 Å². The lowest BCUT2D eigenvalue weighted by molar-refractivity contribution is 0.0698. The maximum Gasteiger partial charge on any atom is 0.337 e. The van der Waals surface area contributed by atoms with Crippen LogP contribution in [-0.4, -0.2) is 31.3 Å². The molecule has 0 fully saturated rings. The van der Waals surface area contributed by atoms with Crippen molar-refractivity contribution in [2.75, 3.05) is 25.6 Å². The molecule has 0 unspecified atom stereocenters. The van der Waals surface area contributed by atoms with Gasteiger partial charge in [-0.2, -0.15) is 0 Å². The predicted molar refractivity (Wildman–Crippen MR) is 85.4 cm³/mol. The Hall–Kier alpha value is -2.40. The van der Waals surface area contributed by atoms with Crippen molar-refractivity contribution in [2.45, 2.75) is 0 Å². The first-order chi connectivity index (χ1) is 10.6. The highest BCUT2D eigenvalue weighted by Crippen LogP contribution is 2.25. The Labute approximate surface area is 133 Å². The number of para-hydroxylation sites is 1. The number of carbonyl (C=O) groups is 1. The van der Waals surface area contributed by atoms with Crippen LogP contribution in [0.5, 0.6) is 11.5 Å². The van der Waals surface area contributed by atoms with Crippen molar-refractivity contribution < 1.29 is 19.4 Å². The topological polar surface area (TPSA) is 67.8 Å². The van der Waals surface area contributed by atoms with Crippen LogP contribution in [0.1, 0.15) is 10.4 Å². The molecule has 0 atom stereocenters. The molecule has 0 saturated heterocycles. The quantitative estimate of drug-likeness (QED) is 0.763. The van der Waals surface area contributed by atoms with Crippen LogP contribution in [0, 0.1) is 0 Å². The molecule has 0 aliphatic rings. The molecule has 0 radical (unpaired) electrons. The smallest absolute Gasteiger partial charge is 0.337 e. The van der Waals surface area contributed by atoms with Crippen molar-refractivity contribution in [2.24, 2.45) is 0 Å². The lowest BCUT2D eigenvalue weighted by atomic mass is 10.2. The molecule has 0 aliphatic carbocycles. The molecule has 2 aromatic carbocycles. The molecule has 0 heterocycles. The van der Waals surface area contributed by atoms with Crippen LogP contribution < -0.4 is 14.8 Å². The van der Waals surface area contributed by atoms with Gasteiger partial charge in [-0.3, -0.25) is 0 Å². The number of benzene rings is 2. The van der Waals surface area contributed by atoms with Gasteiger partial charge in [0.1, 0.15) is 18.1 Å². The number of hydrogen-bond acceptors (Lipinski definition) is 4. The Kier molecular flexibility index (Phi) is 5.49. The van der Waals surface area contributed by atoms with Gasteiger partial charge in [-0.15, -0.1) is 0 Å². The summed E-state index contributed by atoms with van der Waals surface area (Å²) >= 11 is 6.02. The van der Waals surface area contributed by atoms with E-state index in [0.29, 0.717) is 29.6 Å². The van der Waals surface area contributed by atoms with Crippen molar-refractivity contribution in [3.05, 3.63) is 53.1 Å². The zero-order valence-corrected chi connectivity index (χ0v) is 12.8. The molecule has 22 heavy (non-hydrogen) atoms. The minimum absolute atomic E-state index is 0.136. The number of halogens is 1. The lowest BCUT2D eigenvalue weighted by Gasteiger charge is -2.12. The van der Waals surface area contributed by atoms with Crippen molar-refractivity contribution in [1.29, 1.82) is 0 Å². The number of methoxy groups -OCH3 is 1. The number of carboxylic acid groups (broad SMARTS) is 1. The Balaban J connectivity index is 1.90. The summed E-state index contributed by atoms with van der Waals surface area (Å²) in [5.74, 6) is 0.439. The molecule has 0 bridgehead atoms. The number of hydrogen-bond donors (Lipinski definition) is 2. The number of aromatic carboxylic acids is 1. The van der Waals surface area contributed by atoms with Crippen molar-refractivity contribution in [3.63, 3.8) is 0 Å². The van der Waals surface area contributed by atoms with E-state index in [4.69, 9.17) is 26.2 Å². The summed E-state index contributed by atoms with van der Waals surface area (Å²) < 4.78 is 10.6. The normalized spacial score (nSPS) is 10.1. The molecule has 116 valence electrons. The number of carboxylic acids is 1. The summed E-state index contributed by atoms with van der Waals surface area (Å²) in [5.41, 5.74) is 0.534. The fourth-order valence-electron chi connectivity index (χ4n) is 1.90. The third-order valence-electron chi connectivity index (χ3n) is 2.98. The summed E-state index contributed by atoms with van der Waals surface area (Å²) in [6.45, 7) is 0.798. The molecule has 2 aromatic rings. The van der Waals surface area contributed by atoms with E-state index in [1.807, 2.05) is 0 Å². The van der Waals surface area contributed by atoms with Crippen molar-refractivity contribution >= 4 is 23.3 Å². The van der Waals surface area contributed by atoms with Crippen LogP contribution in [0.15, 0.2) is 42.5 Å². The van der Waals surface area contributed by atoms with Crippen LogP contribution in [0.2, 0.25) is 5.02 Å². The van der Waals surface area contributed by atoms with Gasteiger partial charge in [0.25, 0.3) is 0 Å². The third kappa shape index (κ3) is 4.05. The van der Waals surface area contributed by atoms with Gasteiger partial charge >= 0.3 is 5.97 Å². The average Bonchev–Trinajstić information content (AvgIpc) is 2.53. The van der Waals surface area contributed by atoms with Crippen molar-refractivity contribution in [1.82, 2.24) is 0 Å². The van der Waals surface area contributed by atoms with Gasteiger partial charge in [0, 0.05) is 6.54 Å². The summed E-state index contributed by atoms with van der Waals surface area (Å²) in [6.07, 6.45) is 0. The fourth-order valence-corrected chi connectivity index (χ4v) is 2.14. The lowest BCUT2D eigenvalue weighted by Crippen LogP contribution is -2.14. The molecule has 5 nitrogen and oxygen atoms in total. The van der Waals surface area contributed by atoms with Crippen molar-refractivity contribution in [3.8, 4) is 11.5 Å². The Bertz CT molecular complexity index is 643. The van der Waals surface area contributed by atoms with Gasteiger partial charge < -0.3 is 19.9 Å². The standard InChI is InChI=1S/C16H16ClNO4/c1-21-11-5-7-12(8-6-11)22-10-9-18-15-13(16(19)20)3-2-4-14(15)17/h2-8,18H,9-10H2,1H3,(H,19,20). The summed E-state index contributed by atoms with van der Waals surface area (Å²) in [5, 5.41) is 12.5.